The summed E-state index contributed by atoms with van der Waals surface area (Å²) in [6, 6.07) is 5.78. The van der Waals surface area contributed by atoms with Gasteiger partial charge in [0.05, 0.1) is 16.9 Å². The smallest absolute Gasteiger partial charge is 0.368 e. The molecule has 0 unspecified atom stereocenters. The lowest BCUT2D eigenvalue weighted by Crippen LogP contribution is -2.46. The van der Waals surface area contributed by atoms with E-state index < -0.39 is 52.4 Å². The Bertz CT molecular complexity index is 947. The molecule has 29 heavy (non-hydrogen) atoms. The number of rotatable bonds is 7. The molecule has 3 N–H and O–H groups in total. The van der Waals surface area contributed by atoms with Crippen LogP contribution in [0.1, 0.15) is 16.7 Å². The first-order chi connectivity index (χ1) is 13.5. The van der Waals surface area contributed by atoms with Crippen molar-refractivity contribution in [3.8, 4) is 0 Å². The summed E-state index contributed by atoms with van der Waals surface area (Å²) in [5.74, 6) is -2.80. The molecule has 0 aliphatic heterocycles. The Morgan fingerprint density at radius 1 is 1.14 bits per heavy atom. The monoisotopic (exact) mass is 413 g/mol. The average molecular weight is 413 g/mol. The quantitative estimate of drug-likeness (QED) is 0.412. The lowest BCUT2D eigenvalue weighted by molar-refractivity contribution is -0.387. The van der Waals surface area contributed by atoms with Gasteiger partial charge in [0.2, 0.25) is 17.6 Å². The largest absolute Gasteiger partial charge is 0.416 e. The molecule has 0 heterocycles. The standard InChI is InChI=1S/C18H15F4N3O4/c19-13-5-4-11(8-15(13)25(28)29)7-14(17(23)27)24-16(26)9-10-2-1-3-12(6-10)18(20,21)22/h1-6,8,14H,7,9H2,(H2,23,27)(H,24,26)/t14-/m1/s1. The van der Waals surface area contributed by atoms with E-state index in [0.29, 0.717) is 0 Å². The van der Waals surface area contributed by atoms with Crippen molar-refractivity contribution in [2.24, 2.45) is 5.73 Å². The van der Waals surface area contributed by atoms with Gasteiger partial charge in [-0.25, -0.2) is 0 Å². The molecule has 2 aromatic rings. The second-order valence-corrected chi connectivity index (χ2v) is 6.14. The third kappa shape index (κ3) is 5.99. The summed E-state index contributed by atoms with van der Waals surface area (Å²) in [6.07, 6.45) is -5.28. The predicted molar refractivity (Wildman–Crippen MR) is 93.0 cm³/mol. The summed E-state index contributed by atoms with van der Waals surface area (Å²) in [5.41, 5.74) is 3.73. The maximum Gasteiger partial charge on any atom is 0.416 e. The van der Waals surface area contributed by atoms with Crippen molar-refractivity contribution >= 4 is 17.5 Å². The molecule has 7 nitrogen and oxygen atoms in total. The van der Waals surface area contributed by atoms with Crippen LogP contribution in [0.3, 0.4) is 0 Å². The van der Waals surface area contributed by atoms with Crippen LogP contribution in [0.5, 0.6) is 0 Å². The molecule has 0 spiro atoms. The van der Waals surface area contributed by atoms with Crippen LogP contribution < -0.4 is 11.1 Å². The van der Waals surface area contributed by atoms with E-state index in [4.69, 9.17) is 5.73 Å². The first-order valence-corrected chi connectivity index (χ1v) is 8.15. The predicted octanol–water partition coefficient (Wildman–Crippen LogP) is 2.51. The van der Waals surface area contributed by atoms with E-state index >= 15 is 0 Å². The SMILES string of the molecule is NC(=O)[C@@H](Cc1ccc(F)c([N+](=O)[O-])c1)NC(=O)Cc1cccc(C(F)(F)F)c1. The molecule has 0 aromatic heterocycles. The highest BCUT2D eigenvalue weighted by molar-refractivity contribution is 5.87. The fraction of sp³-hybridized carbons (Fsp3) is 0.222. The highest BCUT2D eigenvalue weighted by Gasteiger charge is 2.30. The van der Waals surface area contributed by atoms with Crippen LogP contribution in [0.2, 0.25) is 0 Å². The molecule has 1 atom stereocenters. The lowest BCUT2D eigenvalue weighted by atomic mass is 10.0. The molecule has 11 heteroatoms. The molecule has 0 saturated carbocycles. The second-order valence-electron chi connectivity index (χ2n) is 6.14. The van der Waals surface area contributed by atoms with Gasteiger partial charge in [0.15, 0.2) is 0 Å². The first kappa shape index (κ1) is 21.8. The summed E-state index contributed by atoms with van der Waals surface area (Å²) < 4.78 is 51.6. The van der Waals surface area contributed by atoms with Crippen molar-refractivity contribution in [1.82, 2.24) is 5.32 Å². The number of benzene rings is 2. The van der Waals surface area contributed by atoms with Crippen LogP contribution in [0.15, 0.2) is 42.5 Å². The van der Waals surface area contributed by atoms with E-state index in [1.807, 2.05) is 0 Å². The molecule has 0 aliphatic rings. The third-order valence-electron chi connectivity index (χ3n) is 3.94. The molecule has 0 radical (unpaired) electrons. The van der Waals surface area contributed by atoms with Crippen LogP contribution >= 0.6 is 0 Å². The number of primary amides is 1. The molecule has 0 bridgehead atoms. The number of hydrogen-bond acceptors (Lipinski definition) is 4. The summed E-state index contributed by atoms with van der Waals surface area (Å²) >= 11 is 0. The minimum atomic E-state index is -4.57. The zero-order chi connectivity index (χ0) is 21.8. The van der Waals surface area contributed by atoms with Gasteiger partial charge in [-0.05, 0) is 23.3 Å². The van der Waals surface area contributed by atoms with Gasteiger partial charge in [0.1, 0.15) is 6.04 Å². The summed E-state index contributed by atoms with van der Waals surface area (Å²) in [4.78, 5) is 33.6. The van der Waals surface area contributed by atoms with Gasteiger partial charge in [0, 0.05) is 12.5 Å². The Morgan fingerprint density at radius 2 is 1.83 bits per heavy atom. The molecule has 0 aliphatic carbocycles. The zero-order valence-electron chi connectivity index (χ0n) is 14.7. The number of hydrogen-bond donors (Lipinski definition) is 2. The lowest BCUT2D eigenvalue weighted by Gasteiger charge is -2.16. The van der Waals surface area contributed by atoms with Crippen molar-refractivity contribution in [2.75, 3.05) is 0 Å². The van der Waals surface area contributed by atoms with Gasteiger partial charge in [-0.3, -0.25) is 19.7 Å². The van der Waals surface area contributed by atoms with E-state index in [2.05, 4.69) is 5.32 Å². The van der Waals surface area contributed by atoms with Crippen molar-refractivity contribution in [2.45, 2.75) is 25.1 Å². The maximum atomic E-state index is 13.4. The molecular weight excluding hydrogens is 398 g/mol. The highest BCUT2D eigenvalue weighted by atomic mass is 19.4. The van der Waals surface area contributed by atoms with Gasteiger partial charge < -0.3 is 11.1 Å². The Kier molecular flexibility index (Phi) is 6.52. The van der Waals surface area contributed by atoms with Gasteiger partial charge >= 0.3 is 11.9 Å². The minimum Gasteiger partial charge on any atom is -0.368 e. The normalized spacial score (nSPS) is 12.3. The number of nitro benzene ring substituents is 1. The summed E-state index contributed by atoms with van der Waals surface area (Å²) in [7, 11) is 0. The highest BCUT2D eigenvalue weighted by Crippen LogP contribution is 2.29. The van der Waals surface area contributed by atoms with E-state index in [0.717, 1.165) is 30.3 Å². The van der Waals surface area contributed by atoms with Gasteiger partial charge in [0.25, 0.3) is 0 Å². The number of amides is 2. The maximum absolute atomic E-state index is 13.4. The van der Waals surface area contributed by atoms with E-state index in [9.17, 15) is 37.3 Å². The zero-order valence-corrected chi connectivity index (χ0v) is 14.7. The molecule has 154 valence electrons. The van der Waals surface area contributed by atoms with Crippen LogP contribution in [0.4, 0.5) is 23.2 Å². The van der Waals surface area contributed by atoms with E-state index in [1.165, 1.54) is 12.1 Å². The molecule has 0 saturated heterocycles. The van der Waals surface area contributed by atoms with Crippen molar-refractivity contribution in [3.63, 3.8) is 0 Å². The van der Waals surface area contributed by atoms with Crippen molar-refractivity contribution in [3.05, 3.63) is 75.1 Å². The van der Waals surface area contributed by atoms with Crippen LogP contribution in [0, 0.1) is 15.9 Å². The van der Waals surface area contributed by atoms with Crippen LogP contribution in [-0.4, -0.2) is 22.8 Å². The van der Waals surface area contributed by atoms with Crippen LogP contribution in [-0.2, 0) is 28.6 Å². The van der Waals surface area contributed by atoms with E-state index in [-0.39, 0.29) is 17.5 Å². The minimum absolute atomic E-state index is 0.0676. The number of carbonyl (C=O) groups excluding carboxylic acids is 2. The Hall–Kier alpha value is -3.50. The van der Waals surface area contributed by atoms with Crippen molar-refractivity contribution in [1.29, 1.82) is 0 Å². The Balaban J connectivity index is 2.11. The molecular formula is C18H15F4N3O4. The molecule has 0 fully saturated rings. The van der Waals surface area contributed by atoms with Gasteiger partial charge in [-0.15, -0.1) is 0 Å². The summed E-state index contributed by atoms with van der Waals surface area (Å²) in [6.45, 7) is 0. The fourth-order valence-corrected chi connectivity index (χ4v) is 2.57. The average Bonchev–Trinajstić information content (AvgIpc) is 2.61. The Labute approximate surface area is 161 Å². The number of nitro groups is 1. The fourth-order valence-electron chi connectivity index (χ4n) is 2.57. The number of carbonyl (C=O) groups is 2. The third-order valence-corrected chi connectivity index (χ3v) is 3.94. The molecule has 2 amide bonds. The van der Waals surface area contributed by atoms with Gasteiger partial charge in [-0.2, -0.15) is 17.6 Å². The summed E-state index contributed by atoms with van der Waals surface area (Å²) in [5, 5.41) is 13.1. The van der Waals surface area contributed by atoms with Crippen LogP contribution in [0.25, 0.3) is 0 Å². The number of nitrogens with zero attached hydrogens (tertiary/aromatic N) is 1. The Morgan fingerprint density at radius 3 is 2.41 bits per heavy atom. The second kappa shape index (κ2) is 8.67. The van der Waals surface area contributed by atoms with Gasteiger partial charge in [-0.1, -0.05) is 24.3 Å². The number of nitrogens with two attached hydrogens (primary N) is 1. The number of alkyl halides is 3. The van der Waals surface area contributed by atoms with E-state index in [1.54, 1.807) is 0 Å². The topological polar surface area (TPSA) is 115 Å². The molecule has 2 aromatic carbocycles. The number of nitrogens with one attached hydrogen (secondary N) is 1. The van der Waals surface area contributed by atoms with Crippen molar-refractivity contribution < 1.29 is 32.1 Å². The molecule has 2 rings (SSSR count). The first-order valence-electron chi connectivity index (χ1n) is 8.15. The number of halogens is 4.